The Morgan fingerprint density at radius 2 is 1.57 bits per heavy atom. The number of nitrogens with zero attached hydrogens (tertiary/aromatic N) is 1. The maximum atomic E-state index is 13.1. The van der Waals surface area contributed by atoms with Crippen LogP contribution >= 0.6 is 24.0 Å². The Bertz CT molecular complexity index is 1310. The van der Waals surface area contributed by atoms with Crippen LogP contribution < -0.4 is 24.4 Å². The SMILES string of the molecule is CCOc1ccc(NC(=O)COc2cccc(/C=C3\SC(=S)N(c4ccc(OCC)cc4)C3=O)c2)cc1. The summed E-state index contributed by atoms with van der Waals surface area (Å²) in [5.74, 6) is 1.51. The van der Waals surface area contributed by atoms with Gasteiger partial charge in [-0.15, -0.1) is 0 Å². The molecule has 3 aromatic carbocycles. The van der Waals surface area contributed by atoms with Crippen LogP contribution in [-0.2, 0) is 9.59 Å². The van der Waals surface area contributed by atoms with E-state index in [1.165, 1.54) is 16.7 Å². The molecule has 0 aromatic heterocycles. The molecule has 37 heavy (non-hydrogen) atoms. The molecule has 1 fully saturated rings. The van der Waals surface area contributed by atoms with Gasteiger partial charge >= 0.3 is 0 Å². The number of rotatable bonds is 10. The fourth-order valence-corrected chi connectivity index (χ4v) is 4.84. The van der Waals surface area contributed by atoms with E-state index in [1.807, 2.05) is 44.2 Å². The summed E-state index contributed by atoms with van der Waals surface area (Å²) in [5.41, 5.74) is 2.10. The first-order chi connectivity index (χ1) is 18.0. The minimum Gasteiger partial charge on any atom is -0.494 e. The lowest BCUT2D eigenvalue weighted by Crippen LogP contribution is -2.27. The first kappa shape index (κ1) is 26.2. The third-order valence-corrected chi connectivity index (χ3v) is 6.48. The Balaban J connectivity index is 1.37. The topological polar surface area (TPSA) is 77.1 Å². The van der Waals surface area contributed by atoms with Crippen LogP contribution in [0, 0.1) is 0 Å². The van der Waals surface area contributed by atoms with E-state index in [4.69, 9.17) is 26.4 Å². The van der Waals surface area contributed by atoms with Crippen LogP contribution in [0.25, 0.3) is 6.08 Å². The van der Waals surface area contributed by atoms with Crippen LogP contribution in [-0.4, -0.2) is 36.0 Å². The van der Waals surface area contributed by atoms with Gasteiger partial charge in [0.15, 0.2) is 10.9 Å². The molecular weight excluding hydrogens is 508 g/mol. The van der Waals surface area contributed by atoms with E-state index >= 15 is 0 Å². The molecule has 7 nitrogen and oxygen atoms in total. The Labute approximate surface area is 225 Å². The third-order valence-electron chi connectivity index (χ3n) is 5.17. The van der Waals surface area contributed by atoms with Gasteiger partial charge in [-0.25, -0.2) is 0 Å². The number of nitrogens with one attached hydrogen (secondary N) is 1. The quantitative estimate of drug-likeness (QED) is 0.256. The molecule has 190 valence electrons. The molecule has 0 aliphatic carbocycles. The van der Waals surface area contributed by atoms with E-state index in [1.54, 1.807) is 48.5 Å². The Hall–Kier alpha value is -3.82. The molecule has 0 bridgehead atoms. The van der Waals surface area contributed by atoms with Crippen molar-refractivity contribution in [2.75, 3.05) is 30.0 Å². The largest absolute Gasteiger partial charge is 0.494 e. The van der Waals surface area contributed by atoms with E-state index in [0.717, 1.165) is 17.1 Å². The second-order valence-electron chi connectivity index (χ2n) is 7.81. The average molecular weight is 535 g/mol. The first-order valence-corrected chi connectivity index (χ1v) is 13.0. The van der Waals surface area contributed by atoms with Crippen molar-refractivity contribution in [1.29, 1.82) is 0 Å². The monoisotopic (exact) mass is 534 g/mol. The summed E-state index contributed by atoms with van der Waals surface area (Å²) >= 11 is 6.71. The molecule has 1 aliphatic heterocycles. The predicted molar refractivity (Wildman–Crippen MR) is 151 cm³/mol. The number of hydrogen-bond donors (Lipinski definition) is 1. The van der Waals surface area contributed by atoms with Crippen molar-refractivity contribution in [3.63, 3.8) is 0 Å². The van der Waals surface area contributed by atoms with Crippen molar-refractivity contribution in [3.8, 4) is 17.2 Å². The van der Waals surface area contributed by atoms with Crippen LogP contribution in [0.3, 0.4) is 0 Å². The van der Waals surface area contributed by atoms with Crippen molar-refractivity contribution in [1.82, 2.24) is 0 Å². The van der Waals surface area contributed by atoms with Gasteiger partial charge in [-0.1, -0.05) is 36.1 Å². The van der Waals surface area contributed by atoms with Crippen molar-refractivity contribution >= 4 is 57.6 Å². The lowest BCUT2D eigenvalue weighted by molar-refractivity contribution is -0.118. The van der Waals surface area contributed by atoms with Gasteiger partial charge in [0, 0.05) is 5.69 Å². The first-order valence-electron chi connectivity index (χ1n) is 11.7. The molecule has 2 amide bonds. The average Bonchev–Trinajstić information content (AvgIpc) is 3.17. The highest BCUT2D eigenvalue weighted by Gasteiger charge is 2.33. The second kappa shape index (κ2) is 12.4. The van der Waals surface area contributed by atoms with Gasteiger partial charge in [0.2, 0.25) is 0 Å². The second-order valence-corrected chi connectivity index (χ2v) is 9.49. The number of carbonyl (C=O) groups excluding carboxylic acids is 2. The van der Waals surface area contributed by atoms with Gasteiger partial charge in [-0.05, 0) is 86.2 Å². The van der Waals surface area contributed by atoms with Gasteiger partial charge in [-0.2, -0.15) is 0 Å². The summed E-state index contributed by atoms with van der Waals surface area (Å²) in [7, 11) is 0. The molecule has 0 saturated carbocycles. The van der Waals surface area contributed by atoms with Gasteiger partial charge in [0.1, 0.15) is 17.2 Å². The lowest BCUT2D eigenvalue weighted by atomic mass is 10.2. The molecule has 3 aromatic rings. The number of anilines is 2. The number of thiocarbonyl (C=S) groups is 1. The highest BCUT2D eigenvalue weighted by atomic mass is 32.2. The molecule has 0 spiro atoms. The molecule has 0 unspecified atom stereocenters. The van der Waals surface area contributed by atoms with Gasteiger partial charge < -0.3 is 19.5 Å². The maximum Gasteiger partial charge on any atom is 0.270 e. The van der Waals surface area contributed by atoms with Crippen molar-refractivity contribution in [2.24, 2.45) is 0 Å². The van der Waals surface area contributed by atoms with E-state index in [2.05, 4.69) is 5.32 Å². The van der Waals surface area contributed by atoms with E-state index < -0.39 is 0 Å². The Morgan fingerprint density at radius 1 is 0.919 bits per heavy atom. The fourth-order valence-electron chi connectivity index (χ4n) is 3.54. The van der Waals surface area contributed by atoms with Crippen LogP contribution in [0.5, 0.6) is 17.2 Å². The Kier molecular flexibility index (Phi) is 8.81. The van der Waals surface area contributed by atoms with Crippen molar-refractivity contribution in [2.45, 2.75) is 13.8 Å². The van der Waals surface area contributed by atoms with Crippen LogP contribution in [0.15, 0.2) is 77.7 Å². The molecule has 1 saturated heterocycles. The van der Waals surface area contributed by atoms with Gasteiger partial charge in [-0.3, -0.25) is 14.5 Å². The van der Waals surface area contributed by atoms with E-state index in [9.17, 15) is 9.59 Å². The molecule has 0 atom stereocenters. The summed E-state index contributed by atoms with van der Waals surface area (Å²) in [5, 5.41) is 2.79. The normalized spacial score (nSPS) is 14.1. The van der Waals surface area contributed by atoms with Gasteiger partial charge in [0.25, 0.3) is 11.8 Å². The van der Waals surface area contributed by atoms with E-state index in [0.29, 0.717) is 39.6 Å². The molecule has 4 rings (SSSR count). The molecular formula is C28H26N2O5S2. The minimum atomic E-state index is -0.286. The predicted octanol–water partition coefficient (Wildman–Crippen LogP) is 5.91. The van der Waals surface area contributed by atoms with Crippen LogP contribution in [0.2, 0.25) is 0 Å². The smallest absolute Gasteiger partial charge is 0.270 e. The summed E-state index contributed by atoms with van der Waals surface area (Å²) in [6, 6.07) is 21.6. The van der Waals surface area contributed by atoms with Crippen molar-refractivity contribution in [3.05, 3.63) is 83.3 Å². The Morgan fingerprint density at radius 3 is 2.22 bits per heavy atom. The molecule has 1 aliphatic rings. The summed E-state index contributed by atoms with van der Waals surface area (Å²) in [6.07, 6.45) is 1.76. The number of carbonyl (C=O) groups is 2. The third kappa shape index (κ3) is 6.90. The number of amides is 2. The highest BCUT2D eigenvalue weighted by molar-refractivity contribution is 8.27. The molecule has 1 N–H and O–H groups in total. The highest BCUT2D eigenvalue weighted by Crippen LogP contribution is 2.36. The standard InChI is InChI=1S/C28H26N2O5S2/c1-3-33-22-12-8-20(9-13-22)29-26(31)18-35-24-7-5-6-19(16-24)17-25-27(32)30(28(36)37-25)21-10-14-23(15-11-21)34-4-2/h5-17H,3-4,18H2,1-2H3,(H,29,31)/b25-17-. The zero-order chi connectivity index (χ0) is 26.2. The number of ether oxygens (including phenoxy) is 3. The van der Waals surface area contributed by atoms with Crippen molar-refractivity contribution < 1.29 is 23.8 Å². The maximum absolute atomic E-state index is 13.1. The lowest BCUT2D eigenvalue weighted by Gasteiger charge is -2.15. The van der Waals surface area contributed by atoms with Gasteiger partial charge in [0.05, 0.1) is 23.8 Å². The molecule has 0 radical (unpaired) electrons. The summed E-state index contributed by atoms with van der Waals surface area (Å²) in [6.45, 7) is 4.82. The number of benzene rings is 3. The minimum absolute atomic E-state index is 0.156. The molecule has 1 heterocycles. The summed E-state index contributed by atoms with van der Waals surface area (Å²) < 4.78 is 17.0. The number of hydrogen-bond acceptors (Lipinski definition) is 7. The summed E-state index contributed by atoms with van der Waals surface area (Å²) in [4.78, 5) is 27.4. The zero-order valence-corrected chi connectivity index (χ0v) is 22.1. The van der Waals surface area contributed by atoms with Crippen LogP contribution in [0.4, 0.5) is 11.4 Å². The fraction of sp³-hybridized carbons (Fsp3) is 0.179. The van der Waals surface area contributed by atoms with E-state index in [-0.39, 0.29) is 18.4 Å². The van der Waals surface area contributed by atoms with Crippen LogP contribution in [0.1, 0.15) is 19.4 Å². The number of thioether (sulfide) groups is 1. The zero-order valence-electron chi connectivity index (χ0n) is 20.4. The molecule has 9 heteroatoms.